The van der Waals surface area contributed by atoms with Crippen molar-refractivity contribution in [1.82, 2.24) is 14.9 Å². The molecule has 0 unspecified atom stereocenters. The highest BCUT2D eigenvalue weighted by Gasteiger charge is 2.31. The number of nitrogens with zero attached hydrogens (tertiary/aromatic N) is 4. The van der Waals surface area contributed by atoms with Crippen molar-refractivity contribution in [2.24, 2.45) is 0 Å². The van der Waals surface area contributed by atoms with Gasteiger partial charge in [-0.2, -0.15) is 5.26 Å². The molecule has 2 amide bonds. The van der Waals surface area contributed by atoms with Gasteiger partial charge in [0.05, 0.1) is 6.07 Å². The van der Waals surface area contributed by atoms with Crippen LogP contribution in [-0.2, 0) is 9.59 Å². The minimum Gasteiger partial charge on any atom is -0.346 e. The fourth-order valence-corrected chi connectivity index (χ4v) is 3.76. The Kier molecular flexibility index (Phi) is 4.40. The molecule has 2 aliphatic rings. The van der Waals surface area contributed by atoms with E-state index in [4.69, 9.17) is 5.26 Å². The molecule has 2 aromatic heterocycles. The molecule has 1 saturated carbocycles. The molecule has 0 bridgehead atoms. The molecule has 1 aliphatic heterocycles. The van der Waals surface area contributed by atoms with E-state index in [1.54, 1.807) is 9.80 Å². The molecular weight excluding hydrogens is 342 g/mol. The zero-order valence-electron chi connectivity index (χ0n) is 15.2. The monoisotopic (exact) mass is 363 g/mol. The normalized spacial score (nSPS) is 19.5. The molecule has 1 atom stereocenters. The highest BCUT2D eigenvalue weighted by molar-refractivity contribution is 5.94. The summed E-state index contributed by atoms with van der Waals surface area (Å²) in [5, 5.41) is 9.79. The highest BCUT2D eigenvalue weighted by Crippen LogP contribution is 2.35. The molecule has 0 spiro atoms. The van der Waals surface area contributed by atoms with Crippen molar-refractivity contribution in [1.29, 1.82) is 5.26 Å². The Morgan fingerprint density at radius 1 is 1.52 bits per heavy atom. The lowest BCUT2D eigenvalue weighted by Gasteiger charge is -2.32. The fourth-order valence-electron chi connectivity index (χ4n) is 3.76. The highest BCUT2D eigenvalue weighted by atomic mass is 16.2. The summed E-state index contributed by atoms with van der Waals surface area (Å²) in [6.07, 6.45) is 7.41. The zero-order chi connectivity index (χ0) is 19.0. The number of rotatable bonds is 5. The van der Waals surface area contributed by atoms with Gasteiger partial charge in [0, 0.05) is 30.2 Å². The van der Waals surface area contributed by atoms with E-state index in [2.05, 4.69) is 16.0 Å². The third kappa shape index (κ3) is 3.19. The van der Waals surface area contributed by atoms with Gasteiger partial charge in [0.2, 0.25) is 12.3 Å². The number of aromatic amines is 1. The van der Waals surface area contributed by atoms with Crippen LogP contribution in [0.4, 0.5) is 5.82 Å². The van der Waals surface area contributed by atoms with Crippen LogP contribution in [0, 0.1) is 11.3 Å². The molecular formula is C20H21N5O2. The van der Waals surface area contributed by atoms with E-state index in [9.17, 15) is 9.59 Å². The third-order valence-electron chi connectivity index (χ3n) is 5.29. The number of carbonyl (C=O) groups excluding carboxylic acids is 2. The van der Waals surface area contributed by atoms with Crippen LogP contribution < -0.4 is 4.90 Å². The van der Waals surface area contributed by atoms with Crippen molar-refractivity contribution >= 4 is 34.7 Å². The number of hydrogen-bond acceptors (Lipinski definition) is 4. The summed E-state index contributed by atoms with van der Waals surface area (Å²) in [5.74, 6) is 0.525. The van der Waals surface area contributed by atoms with E-state index in [0.29, 0.717) is 18.8 Å². The summed E-state index contributed by atoms with van der Waals surface area (Å²) in [6.45, 7) is 2.55. The maximum atomic E-state index is 12.1. The van der Waals surface area contributed by atoms with Crippen molar-refractivity contribution < 1.29 is 9.59 Å². The van der Waals surface area contributed by atoms with Crippen LogP contribution in [0.5, 0.6) is 0 Å². The summed E-state index contributed by atoms with van der Waals surface area (Å²) in [5.41, 5.74) is 2.94. The lowest BCUT2D eigenvalue weighted by molar-refractivity contribution is -0.131. The Bertz CT molecular complexity index is 966. The van der Waals surface area contributed by atoms with Gasteiger partial charge in [-0.3, -0.25) is 14.5 Å². The second kappa shape index (κ2) is 6.88. The van der Waals surface area contributed by atoms with Gasteiger partial charge in [-0.25, -0.2) is 4.98 Å². The first-order chi connectivity index (χ1) is 13.1. The fraction of sp³-hybridized carbons (Fsp3) is 0.400. The molecule has 2 aromatic rings. The lowest BCUT2D eigenvalue weighted by Crippen LogP contribution is -2.40. The quantitative estimate of drug-likeness (QED) is 0.826. The van der Waals surface area contributed by atoms with Crippen LogP contribution in [0.1, 0.15) is 38.2 Å². The first-order valence-electron chi connectivity index (χ1n) is 9.21. The number of H-pyrrole nitrogens is 1. The number of nitrogens with one attached hydrogen (secondary N) is 1. The van der Waals surface area contributed by atoms with E-state index >= 15 is 0 Å². The van der Waals surface area contributed by atoms with E-state index in [0.717, 1.165) is 41.4 Å². The number of carbonyl (C=O) groups is 2. The Morgan fingerprint density at radius 3 is 3.00 bits per heavy atom. The van der Waals surface area contributed by atoms with Crippen LogP contribution in [-0.4, -0.2) is 45.8 Å². The van der Waals surface area contributed by atoms with Gasteiger partial charge in [0.25, 0.3) is 0 Å². The number of anilines is 1. The summed E-state index contributed by atoms with van der Waals surface area (Å²) in [7, 11) is 0. The lowest BCUT2D eigenvalue weighted by atomic mass is 9.94. The first-order valence-corrected chi connectivity index (χ1v) is 9.21. The molecule has 0 saturated heterocycles. The molecule has 4 rings (SSSR count). The van der Waals surface area contributed by atoms with E-state index in [-0.39, 0.29) is 24.4 Å². The summed E-state index contributed by atoms with van der Waals surface area (Å²) in [6, 6.07) is 6.06. The zero-order valence-corrected chi connectivity index (χ0v) is 15.2. The smallest absolute Gasteiger partial charge is 0.237 e. The summed E-state index contributed by atoms with van der Waals surface area (Å²) in [4.78, 5) is 34.9. The molecule has 138 valence electrons. The van der Waals surface area contributed by atoms with Gasteiger partial charge < -0.3 is 9.88 Å². The summed E-state index contributed by atoms with van der Waals surface area (Å²) >= 11 is 0. The van der Waals surface area contributed by atoms with E-state index in [1.165, 1.54) is 0 Å². The van der Waals surface area contributed by atoms with Crippen molar-refractivity contribution in [2.75, 3.05) is 11.4 Å². The maximum absolute atomic E-state index is 12.1. The Balaban J connectivity index is 1.72. The molecule has 3 heterocycles. The second-order valence-electron chi connectivity index (χ2n) is 7.12. The Labute approximate surface area is 157 Å². The SMILES string of the molecule is C[C@H]1C=C(c2cc(N(C=O)C3CC3)nc3[nH]ccc23)CCN1C(=O)CC#N. The van der Waals surface area contributed by atoms with Crippen molar-refractivity contribution in [3.8, 4) is 6.07 Å². The van der Waals surface area contributed by atoms with Gasteiger partial charge in [0.1, 0.15) is 17.9 Å². The minimum atomic E-state index is -0.136. The van der Waals surface area contributed by atoms with Crippen LogP contribution in [0.3, 0.4) is 0 Å². The van der Waals surface area contributed by atoms with Crippen LogP contribution in [0.25, 0.3) is 16.6 Å². The van der Waals surface area contributed by atoms with Gasteiger partial charge in [-0.15, -0.1) is 0 Å². The molecule has 7 heteroatoms. The first kappa shape index (κ1) is 17.3. The van der Waals surface area contributed by atoms with Gasteiger partial charge in [-0.05, 0) is 49.5 Å². The maximum Gasteiger partial charge on any atom is 0.237 e. The molecule has 1 aliphatic carbocycles. The largest absolute Gasteiger partial charge is 0.346 e. The molecule has 1 N–H and O–H groups in total. The number of amides is 2. The third-order valence-corrected chi connectivity index (χ3v) is 5.29. The predicted molar refractivity (Wildman–Crippen MR) is 102 cm³/mol. The van der Waals surface area contributed by atoms with Gasteiger partial charge >= 0.3 is 0 Å². The van der Waals surface area contributed by atoms with Crippen LogP contribution in [0.2, 0.25) is 0 Å². The predicted octanol–water partition coefficient (Wildman–Crippen LogP) is 2.61. The van der Waals surface area contributed by atoms with Gasteiger partial charge in [-0.1, -0.05) is 6.08 Å². The number of nitriles is 1. The molecule has 0 aromatic carbocycles. The van der Waals surface area contributed by atoms with E-state index < -0.39 is 0 Å². The number of fused-ring (bicyclic) bond motifs is 1. The minimum absolute atomic E-state index is 0.0780. The van der Waals surface area contributed by atoms with Crippen molar-refractivity contribution in [3.05, 3.63) is 30.0 Å². The Morgan fingerprint density at radius 2 is 2.33 bits per heavy atom. The average Bonchev–Trinajstić information content (AvgIpc) is 3.37. The second-order valence-corrected chi connectivity index (χ2v) is 7.12. The topological polar surface area (TPSA) is 93.1 Å². The number of hydrogen-bond donors (Lipinski definition) is 1. The summed E-state index contributed by atoms with van der Waals surface area (Å²) < 4.78 is 0. The van der Waals surface area contributed by atoms with Crippen molar-refractivity contribution in [3.63, 3.8) is 0 Å². The number of pyridine rings is 1. The van der Waals surface area contributed by atoms with Crippen LogP contribution in [0.15, 0.2) is 24.4 Å². The van der Waals surface area contributed by atoms with Gasteiger partial charge in [0.15, 0.2) is 0 Å². The van der Waals surface area contributed by atoms with E-state index in [1.807, 2.05) is 31.3 Å². The molecule has 7 nitrogen and oxygen atoms in total. The molecule has 0 radical (unpaired) electrons. The molecule has 1 fully saturated rings. The molecule has 27 heavy (non-hydrogen) atoms. The standard InChI is InChI=1S/C20H21N5O2/c1-13-10-14(6-9-24(13)19(27)4-7-21)17-11-18(25(12-26)15-2-3-15)23-20-16(17)5-8-22-20/h5,8,10-13,15H,2-4,6,9H2,1H3,(H,22,23)/t13-/m0/s1. The Hall–Kier alpha value is -3.14. The average molecular weight is 363 g/mol. The van der Waals surface area contributed by atoms with Crippen LogP contribution >= 0.6 is 0 Å². The number of aromatic nitrogens is 2. The van der Waals surface area contributed by atoms with Crippen molar-refractivity contribution in [2.45, 2.75) is 44.7 Å².